The van der Waals surface area contributed by atoms with Gasteiger partial charge in [-0.1, -0.05) is 0 Å². The molecule has 0 radical (unpaired) electrons. The lowest BCUT2D eigenvalue weighted by molar-refractivity contribution is -0.180. The molecule has 0 atom stereocenters. The van der Waals surface area contributed by atoms with Gasteiger partial charge >= 0.3 is 7.60 Å². The van der Waals surface area contributed by atoms with E-state index in [2.05, 4.69) is 0 Å². The van der Waals surface area contributed by atoms with E-state index in [9.17, 15) is 4.57 Å². The van der Waals surface area contributed by atoms with Crippen LogP contribution in [-0.4, -0.2) is 19.0 Å². The minimum atomic E-state index is -3.26. The summed E-state index contributed by atoms with van der Waals surface area (Å²) in [5.41, 5.74) is 0.849. The van der Waals surface area contributed by atoms with Crippen LogP contribution < -0.4 is 10.0 Å². The van der Waals surface area contributed by atoms with Gasteiger partial charge in [0.15, 0.2) is 0 Å². The Kier molecular flexibility index (Phi) is 4.55. The number of ether oxygens (including phenoxy) is 2. The zero-order chi connectivity index (χ0) is 14.8. The monoisotopic (exact) mass is 300 g/mol. The summed E-state index contributed by atoms with van der Waals surface area (Å²) in [7, 11) is -3.26. The van der Waals surface area contributed by atoms with Crippen molar-refractivity contribution in [1.29, 1.82) is 0 Å². The number of fused-ring (bicyclic) bond motifs is 1. The Morgan fingerprint density at radius 1 is 1.25 bits per heavy atom. The molecule has 1 aromatic carbocycles. The molecule has 0 aliphatic carbocycles. The highest BCUT2D eigenvalue weighted by Gasteiger charge is 2.31. The smallest absolute Gasteiger partial charge is 0.361 e. The van der Waals surface area contributed by atoms with E-state index in [4.69, 9.17) is 18.5 Å². The van der Waals surface area contributed by atoms with E-state index in [1.54, 1.807) is 32.0 Å². The first kappa shape index (κ1) is 15.5. The predicted molar refractivity (Wildman–Crippen MR) is 76.4 cm³/mol. The van der Waals surface area contributed by atoms with Gasteiger partial charge in [0.1, 0.15) is 5.75 Å². The van der Waals surface area contributed by atoms with Crippen molar-refractivity contribution >= 4 is 12.9 Å². The molecule has 20 heavy (non-hydrogen) atoms. The largest absolute Gasteiger partial charge is 0.463 e. The maximum atomic E-state index is 12.7. The average Bonchev–Trinajstić information content (AvgIpc) is 2.37. The summed E-state index contributed by atoms with van der Waals surface area (Å²) >= 11 is 0. The summed E-state index contributed by atoms with van der Waals surface area (Å²) in [6, 6.07) is 5.29. The van der Waals surface area contributed by atoms with Crippen molar-refractivity contribution in [3.63, 3.8) is 0 Å². The van der Waals surface area contributed by atoms with Crippen LogP contribution in [0.25, 0.3) is 0 Å². The van der Waals surface area contributed by atoms with Gasteiger partial charge in [0.25, 0.3) is 0 Å². The lowest BCUT2D eigenvalue weighted by Gasteiger charge is -2.33. The normalized spacial score (nSPS) is 17.4. The number of benzene rings is 1. The van der Waals surface area contributed by atoms with Crippen LogP contribution in [0.1, 0.15) is 33.3 Å². The lowest BCUT2D eigenvalue weighted by atomic mass is 10.2. The van der Waals surface area contributed by atoms with Crippen molar-refractivity contribution in [2.75, 3.05) is 13.2 Å². The minimum absolute atomic E-state index is 0.328. The molecule has 0 fully saturated rings. The van der Waals surface area contributed by atoms with Gasteiger partial charge in [0.05, 0.1) is 25.1 Å². The summed E-state index contributed by atoms with van der Waals surface area (Å²) in [6.45, 7) is 8.36. The third-order valence-electron chi connectivity index (χ3n) is 2.89. The zero-order valence-corrected chi connectivity index (χ0v) is 13.2. The molecule has 0 saturated heterocycles. The molecule has 5 nitrogen and oxygen atoms in total. The Hall–Kier alpha value is -0.870. The average molecular weight is 300 g/mol. The first-order chi connectivity index (χ1) is 9.40. The summed E-state index contributed by atoms with van der Waals surface area (Å²) in [6.07, 6.45) is 0. The van der Waals surface area contributed by atoms with Gasteiger partial charge in [-0.05, 0) is 32.0 Å². The van der Waals surface area contributed by atoms with Gasteiger partial charge in [0.2, 0.25) is 5.79 Å². The minimum Gasteiger partial charge on any atom is -0.463 e. The summed E-state index contributed by atoms with van der Waals surface area (Å²) < 4.78 is 34.7. The highest BCUT2D eigenvalue weighted by Crippen LogP contribution is 2.47. The van der Waals surface area contributed by atoms with E-state index in [1.165, 1.54) is 0 Å². The molecular weight excluding hydrogens is 279 g/mol. The quantitative estimate of drug-likeness (QED) is 0.781. The van der Waals surface area contributed by atoms with Gasteiger partial charge in [-0.2, -0.15) is 0 Å². The molecule has 1 aliphatic heterocycles. The van der Waals surface area contributed by atoms with Gasteiger partial charge < -0.3 is 18.5 Å². The van der Waals surface area contributed by atoms with E-state index >= 15 is 0 Å². The molecule has 0 amide bonds. The molecule has 2 rings (SSSR count). The molecule has 0 spiro atoms. The van der Waals surface area contributed by atoms with Crippen LogP contribution in [0.4, 0.5) is 0 Å². The second-order valence-corrected chi connectivity index (χ2v) is 6.94. The molecule has 0 aromatic heterocycles. The van der Waals surface area contributed by atoms with Gasteiger partial charge in [-0.15, -0.1) is 0 Å². The molecular formula is C14H21O5P. The fourth-order valence-corrected chi connectivity index (χ4v) is 3.64. The van der Waals surface area contributed by atoms with Gasteiger partial charge in [0, 0.05) is 19.4 Å². The molecule has 1 aromatic rings. The van der Waals surface area contributed by atoms with E-state index in [0.717, 1.165) is 11.3 Å². The molecule has 0 saturated carbocycles. The SMILES string of the molecule is CCOP(=O)(OCC)c1ccc2c(c1)COC(C)(C)O2. The van der Waals surface area contributed by atoms with E-state index < -0.39 is 13.4 Å². The fourth-order valence-electron chi connectivity index (χ4n) is 2.02. The first-order valence-corrected chi connectivity index (χ1v) is 8.30. The van der Waals surface area contributed by atoms with Crippen LogP contribution in [-0.2, 0) is 25.0 Å². The maximum Gasteiger partial charge on any atom is 0.361 e. The second-order valence-electron chi connectivity index (χ2n) is 4.92. The topological polar surface area (TPSA) is 54.0 Å². The summed E-state index contributed by atoms with van der Waals surface area (Å²) in [5, 5.41) is 0.534. The Morgan fingerprint density at radius 3 is 2.50 bits per heavy atom. The predicted octanol–water partition coefficient (Wildman–Crippen LogP) is 3.22. The van der Waals surface area contributed by atoms with Crippen molar-refractivity contribution in [3.8, 4) is 5.75 Å². The Bertz CT molecular complexity index is 516. The van der Waals surface area contributed by atoms with Gasteiger partial charge in [-0.3, -0.25) is 4.57 Å². The summed E-state index contributed by atoms with van der Waals surface area (Å²) in [4.78, 5) is 0. The molecule has 0 N–H and O–H groups in total. The standard InChI is InChI=1S/C14H21O5P/c1-5-17-20(15,18-6-2)12-7-8-13-11(9-12)10-16-14(3,4)19-13/h7-9H,5-6,10H2,1-4H3. The van der Waals surface area contributed by atoms with Crippen molar-refractivity contribution in [3.05, 3.63) is 23.8 Å². The van der Waals surface area contributed by atoms with Crippen LogP contribution in [0.2, 0.25) is 0 Å². The van der Waals surface area contributed by atoms with Gasteiger partial charge in [-0.25, -0.2) is 0 Å². The number of hydrogen-bond donors (Lipinski definition) is 0. The molecule has 0 bridgehead atoms. The molecule has 1 heterocycles. The van der Waals surface area contributed by atoms with E-state index in [-0.39, 0.29) is 0 Å². The van der Waals surface area contributed by atoms with Crippen LogP contribution in [0.5, 0.6) is 5.75 Å². The third-order valence-corrected chi connectivity index (χ3v) is 5.00. The summed E-state index contributed by atoms with van der Waals surface area (Å²) in [5.74, 6) is 0.0995. The highest BCUT2D eigenvalue weighted by atomic mass is 31.2. The molecule has 0 unspecified atom stereocenters. The first-order valence-electron chi connectivity index (χ1n) is 6.76. The maximum absolute atomic E-state index is 12.7. The highest BCUT2D eigenvalue weighted by molar-refractivity contribution is 7.62. The van der Waals surface area contributed by atoms with Crippen LogP contribution in [0, 0.1) is 0 Å². The fraction of sp³-hybridized carbons (Fsp3) is 0.571. The zero-order valence-electron chi connectivity index (χ0n) is 12.3. The van der Waals surface area contributed by atoms with E-state index in [0.29, 0.717) is 25.1 Å². The number of rotatable bonds is 5. The molecule has 112 valence electrons. The van der Waals surface area contributed by atoms with Crippen LogP contribution in [0.3, 0.4) is 0 Å². The Labute approximate surface area is 119 Å². The van der Waals surface area contributed by atoms with Crippen molar-refractivity contribution in [2.24, 2.45) is 0 Å². The molecule has 6 heteroatoms. The Morgan fingerprint density at radius 2 is 1.90 bits per heavy atom. The second kappa shape index (κ2) is 5.86. The lowest BCUT2D eigenvalue weighted by Crippen LogP contribution is -2.35. The Balaban J connectivity index is 2.33. The van der Waals surface area contributed by atoms with Crippen LogP contribution >= 0.6 is 7.60 Å². The third kappa shape index (κ3) is 3.23. The van der Waals surface area contributed by atoms with Crippen molar-refractivity contribution < 1.29 is 23.1 Å². The molecule has 1 aliphatic rings. The van der Waals surface area contributed by atoms with Crippen LogP contribution in [0.15, 0.2) is 18.2 Å². The van der Waals surface area contributed by atoms with Crippen molar-refractivity contribution in [2.45, 2.75) is 40.1 Å². The number of hydrogen-bond acceptors (Lipinski definition) is 5. The van der Waals surface area contributed by atoms with Crippen molar-refractivity contribution in [1.82, 2.24) is 0 Å². The van der Waals surface area contributed by atoms with E-state index in [1.807, 2.05) is 13.8 Å².